The van der Waals surface area contributed by atoms with E-state index in [-0.39, 0.29) is 4.21 Å². The number of hydrogen-bond donors (Lipinski definition) is 1. The van der Waals surface area contributed by atoms with E-state index < -0.39 is 22.0 Å². The number of carbonyl (C=O) groups excluding carboxylic acids is 1. The minimum absolute atomic E-state index is 0.0632. The summed E-state index contributed by atoms with van der Waals surface area (Å²) in [5.74, 6) is -0.647. The predicted molar refractivity (Wildman–Crippen MR) is 61.1 cm³/mol. The molecule has 0 saturated carbocycles. The smallest absolute Gasteiger partial charge is 0.323 e. The van der Waals surface area contributed by atoms with E-state index in [1.54, 1.807) is 0 Å². The Kier molecular flexibility index (Phi) is 4.31. The second-order valence-corrected chi connectivity index (χ2v) is 6.58. The maximum absolute atomic E-state index is 11.7. The Morgan fingerprint density at radius 2 is 2.19 bits per heavy atom. The standard InChI is InChI=1S/C8H10ClNO4S2/c1-5(8(11)14-2)10-16(12,13)7-4-3-6(9)15-7/h3-5,10H,1-2H3/t5-/m1/s1. The van der Waals surface area contributed by atoms with Crippen LogP contribution in [0.25, 0.3) is 0 Å². The molecule has 8 heteroatoms. The lowest BCUT2D eigenvalue weighted by atomic mass is 10.4. The fraction of sp³-hybridized carbons (Fsp3) is 0.375. The second-order valence-electron chi connectivity index (χ2n) is 2.92. The van der Waals surface area contributed by atoms with E-state index in [9.17, 15) is 13.2 Å². The maximum Gasteiger partial charge on any atom is 0.323 e. The number of thiophene rings is 1. The van der Waals surface area contributed by atoms with Crippen molar-refractivity contribution < 1.29 is 17.9 Å². The van der Waals surface area contributed by atoms with Gasteiger partial charge in [0.05, 0.1) is 11.4 Å². The van der Waals surface area contributed by atoms with Gasteiger partial charge in [0.1, 0.15) is 10.3 Å². The summed E-state index contributed by atoms with van der Waals surface area (Å²) < 4.78 is 30.4. The van der Waals surface area contributed by atoms with Crippen LogP contribution >= 0.6 is 22.9 Å². The van der Waals surface area contributed by atoms with Crippen LogP contribution in [-0.4, -0.2) is 27.5 Å². The SMILES string of the molecule is COC(=O)[C@@H](C)NS(=O)(=O)c1ccc(Cl)s1. The molecule has 0 aliphatic carbocycles. The van der Waals surface area contributed by atoms with Gasteiger partial charge in [-0.2, -0.15) is 4.72 Å². The number of esters is 1. The van der Waals surface area contributed by atoms with Gasteiger partial charge in [-0.3, -0.25) is 4.79 Å². The van der Waals surface area contributed by atoms with Crippen molar-refractivity contribution in [1.82, 2.24) is 4.72 Å². The zero-order valence-corrected chi connectivity index (χ0v) is 10.9. The first-order valence-corrected chi connectivity index (χ1v) is 6.90. The van der Waals surface area contributed by atoms with Crippen molar-refractivity contribution in [1.29, 1.82) is 0 Å². The number of methoxy groups -OCH3 is 1. The van der Waals surface area contributed by atoms with E-state index >= 15 is 0 Å². The topological polar surface area (TPSA) is 72.5 Å². The van der Waals surface area contributed by atoms with Gasteiger partial charge in [-0.05, 0) is 19.1 Å². The van der Waals surface area contributed by atoms with E-state index in [1.165, 1.54) is 26.2 Å². The van der Waals surface area contributed by atoms with Crippen LogP contribution in [0.15, 0.2) is 16.3 Å². The number of rotatable bonds is 4. The molecule has 1 N–H and O–H groups in total. The minimum Gasteiger partial charge on any atom is -0.468 e. The van der Waals surface area contributed by atoms with Crippen molar-refractivity contribution in [2.75, 3.05) is 7.11 Å². The highest BCUT2D eigenvalue weighted by Crippen LogP contribution is 2.25. The third kappa shape index (κ3) is 3.18. The number of ether oxygens (including phenoxy) is 1. The molecular weight excluding hydrogens is 274 g/mol. The fourth-order valence-corrected chi connectivity index (χ4v) is 3.65. The van der Waals surface area contributed by atoms with Crippen LogP contribution < -0.4 is 4.72 Å². The van der Waals surface area contributed by atoms with Crippen molar-refractivity contribution in [2.45, 2.75) is 17.2 Å². The van der Waals surface area contributed by atoms with Gasteiger partial charge in [0.15, 0.2) is 0 Å². The summed E-state index contributed by atoms with van der Waals surface area (Å²) in [6.45, 7) is 1.40. The maximum atomic E-state index is 11.7. The van der Waals surface area contributed by atoms with Gasteiger partial charge >= 0.3 is 5.97 Å². The molecule has 0 unspecified atom stereocenters. The molecule has 1 aromatic rings. The summed E-state index contributed by atoms with van der Waals surface area (Å²) in [6, 6.07) is 1.92. The molecule has 0 aliphatic heterocycles. The van der Waals surface area contributed by atoms with E-state index in [4.69, 9.17) is 11.6 Å². The predicted octanol–water partition coefficient (Wildman–Crippen LogP) is 1.24. The molecule has 1 aromatic heterocycles. The largest absolute Gasteiger partial charge is 0.468 e. The summed E-state index contributed by atoms with van der Waals surface area (Å²) in [5.41, 5.74) is 0. The lowest BCUT2D eigenvalue weighted by Crippen LogP contribution is -2.38. The highest BCUT2D eigenvalue weighted by molar-refractivity contribution is 7.91. The first kappa shape index (κ1) is 13.4. The summed E-state index contributed by atoms with van der Waals surface area (Å²) in [5, 5.41) is 0. The zero-order chi connectivity index (χ0) is 12.3. The molecule has 0 aromatic carbocycles. The van der Waals surface area contributed by atoms with Gasteiger partial charge in [0.2, 0.25) is 0 Å². The van der Waals surface area contributed by atoms with Crippen molar-refractivity contribution in [3.8, 4) is 0 Å². The molecule has 0 bridgehead atoms. The first-order chi connectivity index (χ1) is 7.36. The van der Waals surface area contributed by atoms with Gasteiger partial charge in [0.25, 0.3) is 10.0 Å². The number of hydrogen-bond acceptors (Lipinski definition) is 5. The monoisotopic (exact) mass is 283 g/mol. The summed E-state index contributed by atoms with van der Waals surface area (Å²) in [6.07, 6.45) is 0. The van der Waals surface area contributed by atoms with Gasteiger partial charge in [0, 0.05) is 0 Å². The molecule has 5 nitrogen and oxygen atoms in total. The van der Waals surface area contributed by atoms with Crippen LogP contribution in [0.1, 0.15) is 6.92 Å². The zero-order valence-electron chi connectivity index (χ0n) is 8.56. The van der Waals surface area contributed by atoms with Gasteiger partial charge in [-0.1, -0.05) is 11.6 Å². The van der Waals surface area contributed by atoms with Crippen molar-refractivity contribution in [3.05, 3.63) is 16.5 Å². The van der Waals surface area contributed by atoms with Crippen LogP contribution in [0.5, 0.6) is 0 Å². The van der Waals surface area contributed by atoms with Crippen molar-refractivity contribution in [2.24, 2.45) is 0 Å². The Balaban J connectivity index is 2.84. The molecule has 0 spiro atoms. The lowest BCUT2D eigenvalue weighted by Gasteiger charge is -2.10. The Labute approximate surface area is 102 Å². The Hall–Kier alpha value is -0.630. The molecule has 0 fully saturated rings. The Morgan fingerprint density at radius 1 is 1.56 bits per heavy atom. The average molecular weight is 284 g/mol. The van der Waals surface area contributed by atoms with Crippen molar-refractivity contribution >= 4 is 38.9 Å². The number of nitrogens with one attached hydrogen (secondary N) is 1. The normalized spacial score (nSPS) is 13.4. The molecule has 0 radical (unpaired) electrons. The first-order valence-electron chi connectivity index (χ1n) is 4.22. The van der Waals surface area contributed by atoms with Gasteiger partial charge in [-0.15, -0.1) is 11.3 Å². The molecule has 90 valence electrons. The van der Waals surface area contributed by atoms with Crippen LogP contribution in [0, 0.1) is 0 Å². The van der Waals surface area contributed by atoms with Crippen LogP contribution in [0.2, 0.25) is 4.34 Å². The Morgan fingerprint density at radius 3 is 2.62 bits per heavy atom. The van der Waals surface area contributed by atoms with Crippen molar-refractivity contribution in [3.63, 3.8) is 0 Å². The molecule has 0 amide bonds. The molecule has 16 heavy (non-hydrogen) atoms. The lowest BCUT2D eigenvalue weighted by molar-refractivity contribution is -0.142. The minimum atomic E-state index is -3.71. The fourth-order valence-electron chi connectivity index (χ4n) is 0.958. The van der Waals surface area contributed by atoms with Gasteiger partial charge < -0.3 is 4.74 Å². The average Bonchev–Trinajstić information content (AvgIpc) is 2.63. The van der Waals surface area contributed by atoms with Crippen LogP contribution in [0.3, 0.4) is 0 Å². The molecular formula is C8H10ClNO4S2. The van der Waals surface area contributed by atoms with E-state index in [1.807, 2.05) is 0 Å². The molecule has 1 heterocycles. The summed E-state index contributed by atoms with van der Waals surface area (Å²) in [4.78, 5) is 11.1. The molecule has 1 rings (SSSR count). The number of halogens is 1. The van der Waals surface area contributed by atoms with Crippen LogP contribution in [-0.2, 0) is 19.6 Å². The quantitative estimate of drug-likeness (QED) is 0.844. The number of sulfonamides is 1. The highest BCUT2D eigenvalue weighted by atomic mass is 35.5. The molecule has 0 saturated heterocycles. The van der Waals surface area contributed by atoms with E-state index in [2.05, 4.69) is 9.46 Å². The molecule has 0 aliphatic rings. The highest BCUT2D eigenvalue weighted by Gasteiger charge is 2.23. The third-order valence-electron chi connectivity index (χ3n) is 1.70. The third-order valence-corrected chi connectivity index (χ3v) is 4.96. The summed E-state index contributed by atoms with van der Waals surface area (Å²) >= 11 is 6.55. The van der Waals surface area contributed by atoms with E-state index in [0.717, 1.165) is 11.3 Å². The van der Waals surface area contributed by atoms with Gasteiger partial charge in [-0.25, -0.2) is 8.42 Å². The summed E-state index contributed by atoms with van der Waals surface area (Å²) in [7, 11) is -2.52. The number of carbonyl (C=O) groups is 1. The molecule has 1 atom stereocenters. The van der Waals surface area contributed by atoms with E-state index in [0.29, 0.717) is 4.34 Å². The Bertz CT molecular complexity index is 482. The van der Waals surface area contributed by atoms with Crippen LogP contribution in [0.4, 0.5) is 0 Å². The second kappa shape index (κ2) is 5.13.